The standard InChI is InChI=1S/C22H34.3C2H6.2H2/c1-17-3-7-19(8-4-17)15-21-11-13-22(14-12-21)16-20-9-5-18(2)6-10-20;3*1-2;;/h11-14,17-20H,3-10,15-16H2,1-2H3;3*1-2H3;2*1H. The molecule has 0 unspecified atom stereocenters. The van der Waals surface area contributed by atoms with Crippen molar-refractivity contribution in [2.24, 2.45) is 23.7 Å². The summed E-state index contributed by atoms with van der Waals surface area (Å²) in [5, 5.41) is 0. The first-order valence-corrected chi connectivity index (χ1v) is 12.8. The molecule has 2 fully saturated rings. The topological polar surface area (TPSA) is 0 Å². The molecule has 0 heteroatoms. The molecule has 28 heavy (non-hydrogen) atoms. The van der Waals surface area contributed by atoms with E-state index in [0.29, 0.717) is 0 Å². The lowest BCUT2D eigenvalue weighted by atomic mass is 9.79. The largest absolute Gasteiger partial charge is 0.0683 e. The third-order valence-electron chi connectivity index (χ3n) is 6.34. The Hall–Kier alpha value is -0.780. The first kappa shape index (κ1) is 27.2. The van der Waals surface area contributed by atoms with E-state index in [9.17, 15) is 0 Å². The highest BCUT2D eigenvalue weighted by Crippen LogP contribution is 2.32. The van der Waals surface area contributed by atoms with Gasteiger partial charge < -0.3 is 0 Å². The monoisotopic (exact) mass is 392 g/mol. The summed E-state index contributed by atoms with van der Waals surface area (Å²) in [6.45, 7) is 16.8. The zero-order valence-corrected chi connectivity index (χ0v) is 20.7. The normalized spacial score (nSPS) is 26.4. The summed E-state index contributed by atoms with van der Waals surface area (Å²) in [5.74, 6) is 3.83. The van der Waals surface area contributed by atoms with Crippen molar-refractivity contribution in [2.75, 3.05) is 0 Å². The Bertz CT molecular complexity index is 395. The third-order valence-corrected chi connectivity index (χ3v) is 6.34. The Morgan fingerprint density at radius 3 is 1.04 bits per heavy atom. The highest BCUT2D eigenvalue weighted by molar-refractivity contribution is 5.23. The van der Waals surface area contributed by atoms with E-state index in [4.69, 9.17) is 0 Å². The van der Waals surface area contributed by atoms with Gasteiger partial charge in [0.25, 0.3) is 0 Å². The van der Waals surface area contributed by atoms with Crippen molar-refractivity contribution in [3.8, 4) is 0 Å². The van der Waals surface area contributed by atoms with Crippen molar-refractivity contribution >= 4 is 0 Å². The van der Waals surface area contributed by atoms with E-state index in [1.54, 1.807) is 11.1 Å². The molecule has 3 rings (SSSR count). The second-order valence-corrected chi connectivity index (χ2v) is 8.48. The fraction of sp³-hybridized carbons (Fsp3) is 0.786. The molecule has 2 aliphatic rings. The molecule has 0 bridgehead atoms. The van der Waals surface area contributed by atoms with Crippen molar-refractivity contribution < 1.29 is 2.85 Å². The summed E-state index contributed by atoms with van der Waals surface area (Å²) in [4.78, 5) is 0. The van der Waals surface area contributed by atoms with Crippen LogP contribution in [0.5, 0.6) is 0 Å². The zero-order valence-electron chi connectivity index (χ0n) is 20.7. The van der Waals surface area contributed by atoms with E-state index >= 15 is 0 Å². The lowest BCUT2D eigenvalue weighted by molar-refractivity contribution is 0.288. The lowest BCUT2D eigenvalue weighted by Gasteiger charge is -2.27. The molecule has 2 aliphatic carbocycles. The van der Waals surface area contributed by atoms with E-state index in [-0.39, 0.29) is 2.85 Å². The van der Waals surface area contributed by atoms with Crippen LogP contribution in [0.15, 0.2) is 24.3 Å². The van der Waals surface area contributed by atoms with Gasteiger partial charge in [-0.25, -0.2) is 0 Å². The second-order valence-electron chi connectivity index (χ2n) is 8.48. The van der Waals surface area contributed by atoms with Crippen molar-refractivity contribution in [2.45, 2.75) is 120 Å². The predicted octanol–water partition coefficient (Wildman–Crippen LogP) is 9.99. The maximum atomic E-state index is 2.42. The Balaban J connectivity index is -0.000000839. The molecule has 0 spiro atoms. The molecule has 1 aromatic carbocycles. The van der Waals surface area contributed by atoms with Crippen LogP contribution in [0, 0.1) is 23.7 Å². The Kier molecular flexibility index (Phi) is 16.6. The molecule has 0 nitrogen and oxygen atoms in total. The minimum atomic E-state index is 0. The average Bonchev–Trinajstić information content (AvgIpc) is 2.77. The van der Waals surface area contributed by atoms with Gasteiger partial charge in [0, 0.05) is 2.85 Å². The van der Waals surface area contributed by atoms with Gasteiger partial charge in [0.05, 0.1) is 0 Å². The highest BCUT2D eigenvalue weighted by Gasteiger charge is 2.19. The van der Waals surface area contributed by atoms with E-state index < -0.39 is 0 Å². The molecule has 168 valence electrons. The van der Waals surface area contributed by atoms with E-state index in [0.717, 1.165) is 23.7 Å². The van der Waals surface area contributed by atoms with Crippen molar-refractivity contribution in [1.82, 2.24) is 0 Å². The molecule has 0 aliphatic heterocycles. The highest BCUT2D eigenvalue weighted by atomic mass is 14.3. The number of hydrogen-bond acceptors (Lipinski definition) is 0. The van der Waals surface area contributed by atoms with Crippen LogP contribution in [0.25, 0.3) is 0 Å². The number of hydrogen-bond donors (Lipinski definition) is 0. The van der Waals surface area contributed by atoms with Crippen LogP contribution in [0.2, 0.25) is 0 Å². The minimum absolute atomic E-state index is 0. The van der Waals surface area contributed by atoms with E-state index in [1.807, 2.05) is 41.5 Å². The van der Waals surface area contributed by atoms with Crippen LogP contribution in [0.3, 0.4) is 0 Å². The molecule has 0 saturated heterocycles. The van der Waals surface area contributed by atoms with Gasteiger partial charge in [-0.05, 0) is 73.3 Å². The molecule has 0 atom stereocenters. The van der Waals surface area contributed by atoms with Gasteiger partial charge in [-0.15, -0.1) is 0 Å². The van der Waals surface area contributed by atoms with Crippen LogP contribution in [-0.4, -0.2) is 0 Å². The maximum absolute atomic E-state index is 2.42. The quantitative estimate of drug-likeness (QED) is 0.478. The fourth-order valence-corrected chi connectivity index (χ4v) is 4.54. The van der Waals surface area contributed by atoms with Gasteiger partial charge in [-0.2, -0.15) is 0 Å². The number of rotatable bonds is 4. The first-order valence-electron chi connectivity index (χ1n) is 12.8. The van der Waals surface area contributed by atoms with Gasteiger partial charge in [0.1, 0.15) is 0 Å². The van der Waals surface area contributed by atoms with Crippen LogP contribution in [-0.2, 0) is 12.8 Å². The summed E-state index contributed by atoms with van der Waals surface area (Å²) in [7, 11) is 0. The molecule has 0 N–H and O–H groups in total. The third kappa shape index (κ3) is 10.7. The van der Waals surface area contributed by atoms with Crippen LogP contribution >= 0.6 is 0 Å². The molecule has 2 saturated carbocycles. The van der Waals surface area contributed by atoms with E-state index in [2.05, 4.69) is 38.1 Å². The van der Waals surface area contributed by atoms with E-state index in [1.165, 1.54) is 64.2 Å². The molecular formula is C28H56. The summed E-state index contributed by atoms with van der Waals surface area (Å²) in [6, 6.07) is 9.66. The molecular weight excluding hydrogens is 336 g/mol. The Labute approximate surface area is 181 Å². The minimum Gasteiger partial charge on any atom is -0.0683 e. The van der Waals surface area contributed by atoms with Crippen molar-refractivity contribution in [3.05, 3.63) is 35.4 Å². The Morgan fingerprint density at radius 2 is 0.786 bits per heavy atom. The average molecular weight is 393 g/mol. The molecule has 0 amide bonds. The predicted molar refractivity (Wildman–Crippen MR) is 134 cm³/mol. The van der Waals surface area contributed by atoms with Crippen LogP contribution in [0.4, 0.5) is 0 Å². The van der Waals surface area contributed by atoms with Gasteiger partial charge in [0.2, 0.25) is 0 Å². The summed E-state index contributed by atoms with van der Waals surface area (Å²) in [6.07, 6.45) is 14.2. The van der Waals surface area contributed by atoms with Crippen molar-refractivity contribution in [3.63, 3.8) is 0 Å². The summed E-state index contributed by atoms with van der Waals surface area (Å²) >= 11 is 0. The van der Waals surface area contributed by atoms with Gasteiger partial charge >= 0.3 is 0 Å². The zero-order chi connectivity index (χ0) is 21.4. The fourth-order valence-electron chi connectivity index (χ4n) is 4.54. The smallest absolute Gasteiger partial charge is 0 e. The van der Waals surface area contributed by atoms with Crippen molar-refractivity contribution in [1.29, 1.82) is 0 Å². The van der Waals surface area contributed by atoms with Gasteiger partial charge in [-0.1, -0.05) is 105 Å². The van der Waals surface area contributed by atoms with Gasteiger partial charge in [0.15, 0.2) is 0 Å². The van der Waals surface area contributed by atoms with Gasteiger partial charge in [-0.3, -0.25) is 0 Å². The maximum Gasteiger partial charge on any atom is 0 e. The van der Waals surface area contributed by atoms with Crippen LogP contribution < -0.4 is 0 Å². The summed E-state index contributed by atoms with van der Waals surface area (Å²) < 4.78 is 0. The molecule has 0 heterocycles. The second kappa shape index (κ2) is 17.1. The SMILES string of the molecule is CC.CC.CC.CC1CCC(Cc2ccc(CC3CCC(C)CC3)cc2)CC1.[HH].[HH]. The summed E-state index contributed by atoms with van der Waals surface area (Å²) in [5.41, 5.74) is 3.14. The first-order chi connectivity index (χ1) is 13.7. The molecule has 1 aromatic rings. The Morgan fingerprint density at radius 1 is 0.536 bits per heavy atom. The lowest BCUT2D eigenvalue weighted by Crippen LogP contribution is -2.15. The number of benzene rings is 1. The van der Waals surface area contributed by atoms with Crippen LogP contribution in [0.1, 0.15) is 121 Å². The molecule has 0 aromatic heterocycles. The molecule has 0 radical (unpaired) electrons.